The fraction of sp³-hybridized carbons (Fsp3) is 0.556. The molecule has 0 spiro atoms. The van der Waals surface area contributed by atoms with Gasteiger partial charge in [0.1, 0.15) is 5.69 Å². The number of aryl methyl sites for hydroxylation is 1. The summed E-state index contributed by atoms with van der Waals surface area (Å²) in [5.41, 5.74) is 0.374. The first-order valence-electron chi connectivity index (χ1n) is 4.58. The molecule has 78 valence electrons. The van der Waals surface area contributed by atoms with Crippen LogP contribution in [0.5, 0.6) is 0 Å². The van der Waals surface area contributed by atoms with Crippen LogP contribution in [-0.2, 0) is 7.05 Å². The summed E-state index contributed by atoms with van der Waals surface area (Å²) in [6.45, 7) is 1.86. The molecule has 1 amide bonds. The molecule has 0 aliphatic rings. The van der Waals surface area contributed by atoms with Crippen molar-refractivity contribution in [2.45, 2.75) is 19.4 Å². The molecule has 0 aromatic carbocycles. The van der Waals surface area contributed by atoms with E-state index in [-0.39, 0.29) is 18.6 Å². The lowest BCUT2D eigenvalue weighted by molar-refractivity contribution is 0.0909. The molecular formula is C9H15N3O2. The predicted octanol–water partition coefficient (Wildman–Crippen LogP) is -0.0792. The van der Waals surface area contributed by atoms with Crippen LogP contribution in [0, 0.1) is 0 Å². The monoisotopic (exact) mass is 197 g/mol. The molecular weight excluding hydrogens is 182 g/mol. The van der Waals surface area contributed by atoms with Crippen LogP contribution in [0.25, 0.3) is 0 Å². The van der Waals surface area contributed by atoms with E-state index in [1.54, 1.807) is 24.0 Å². The maximum atomic E-state index is 11.5. The number of carbonyl (C=O) groups is 1. The van der Waals surface area contributed by atoms with E-state index in [2.05, 4.69) is 10.4 Å². The molecule has 0 bridgehead atoms. The number of aromatic nitrogens is 2. The van der Waals surface area contributed by atoms with Crippen molar-refractivity contribution in [2.24, 2.45) is 7.05 Å². The summed E-state index contributed by atoms with van der Waals surface area (Å²) in [5, 5.41) is 15.5. The van der Waals surface area contributed by atoms with Gasteiger partial charge in [-0.05, 0) is 12.5 Å². The molecule has 0 aliphatic carbocycles. The molecule has 0 aliphatic heterocycles. The summed E-state index contributed by atoms with van der Waals surface area (Å²) in [4.78, 5) is 11.5. The van der Waals surface area contributed by atoms with Gasteiger partial charge in [0, 0.05) is 13.2 Å². The summed E-state index contributed by atoms with van der Waals surface area (Å²) in [5.74, 6) is -0.244. The maximum absolute atomic E-state index is 11.5. The first-order chi connectivity index (χ1) is 6.67. The Hall–Kier alpha value is -1.36. The number of rotatable bonds is 4. The van der Waals surface area contributed by atoms with Gasteiger partial charge in [-0.25, -0.2) is 0 Å². The quantitative estimate of drug-likeness (QED) is 0.709. The Bertz CT molecular complexity index is 305. The Balaban J connectivity index is 2.58. The summed E-state index contributed by atoms with van der Waals surface area (Å²) in [6.07, 6.45) is 2.41. The summed E-state index contributed by atoms with van der Waals surface area (Å²) >= 11 is 0. The maximum Gasteiger partial charge on any atom is 0.272 e. The smallest absolute Gasteiger partial charge is 0.272 e. The van der Waals surface area contributed by atoms with Crippen molar-refractivity contribution in [3.8, 4) is 0 Å². The van der Waals surface area contributed by atoms with E-state index in [4.69, 9.17) is 5.11 Å². The van der Waals surface area contributed by atoms with Crippen molar-refractivity contribution in [1.82, 2.24) is 15.1 Å². The molecule has 0 fully saturated rings. The SMILES string of the molecule is CC[C@@H](CO)NC(=O)c1ccn(C)n1. The van der Waals surface area contributed by atoms with E-state index in [0.717, 1.165) is 0 Å². The zero-order valence-electron chi connectivity index (χ0n) is 8.40. The van der Waals surface area contributed by atoms with Crippen molar-refractivity contribution in [3.05, 3.63) is 18.0 Å². The Morgan fingerprint density at radius 3 is 2.93 bits per heavy atom. The van der Waals surface area contributed by atoms with Crippen molar-refractivity contribution < 1.29 is 9.90 Å². The first kappa shape index (κ1) is 10.7. The minimum Gasteiger partial charge on any atom is -0.394 e. The second-order valence-corrected chi connectivity index (χ2v) is 3.14. The van der Waals surface area contributed by atoms with E-state index >= 15 is 0 Å². The molecule has 1 aromatic heterocycles. The zero-order chi connectivity index (χ0) is 10.6. The summed E-state index contributed by atoms with van der Waals surface area (Å²) in [7, 11) is 1.75. The van der Waals surface area contributed by atoms with Gasteiger partial charge in [-0.15, -0.1) is 0 Å². The number of nitrogens with one attached hydrogen (secondary N) is 1. The molecule has 1 heterocycles. The van der Waals surface area contributed by atoms with Crippen LogP contribution in [0.2, 0.25) is 0 Å². The number of hydrogen-bond donors (Lipinski definition) is 2. The highest BCUT2D eigenvalue weighted by Crippen LogP contribution is 1.96. The normalized spacial score (nSPS) is 12.5. The van der Waals surface area contributed by atoms with Crippen LogP contribution in [0.1, 0.15) is 23.8 Å². The number of carbonyl (C=O) groups excluding carboxylic acids is 1. The van der Waals surface area contributed by atoms with E-state index in [1.807, 2.05) is 6.92 Å². The topological polar surface area (TPSA) is 67.2 Å². The van der Waals surface area contributed by atoms with Gasteiger partial charge in [0.15, 0.2) is 0 Å². The van der Waals surface area contributed by atoms with Gasteiger partial charge in [-0.1, -0.05) is 6.92 Å². The Morgan fingerprint density at radius 1 is 1.79 bits per heavy atom. The Labute approximate surface area is 82.7 Å². The predicted molar refractivity (Wildman–Crippen MR) is 51.8 cm³/mol. The largest absolute Gasteiger partial charge is 0.394 e. The average Bonchev–Trinajstić information content (AvgIpc) is 2.61. The van der Waals surface area contributed by atoms with Gasteiger partial charge in [0.2, 0.25) is 0 Å². The van der Waals surface area contributed by atoms with E-state index in [9.17, 15) is 4.79 Å². The molecule has 0 unspecified atom stereocenters. The highest BCUT2D eigenvalue weighted by molar-refractivity contribution is 5.92. The van der Waals surface area contributed by atoms with E-state index in [0.29, 0.717) is 12.1 Å². The van der Waals surface area contributed by atoms with Gasteiger partial charge in [0.25, 0.3) is 5.91 Å². The lowest BCUT2D eigenvalue weighted by Crippen LogP contribution is -2.37. The number of aliphatic hydroxyl groups excluding tert-OH is 1. The summed E-state index contributed by atoms with van der Waals surface area (Å²) in [6, 6.07) is 1.45. The fourth-order valence-corrected chi connectivity index (χ4v) is 1.07. The van der Waals surface area contributed by atoms with Crippen LogP contribution < -0.4 is 5.32 Å². The van der Waals surface area contributed by atoms with Gasteiger partial charge in [-0.3, -0.25) is 9.48 Å². The van der Waals surface area contributed by atoms with Gasteiger partial charge in [-0.2, -0.15) is 5.10 Å². The lowest BCUT2D eigenvalue weighted by Gasteiger charge is -2.12. The minimum absolute atomic E-state index is 0.0466. The molecule has 1 atom stereocenters. The van der Waals surface area contributed by atoms with Crippen LogP contribution in [-0.4, -0.2) is 33.4 Å². The van der Waals surface area contributed by atoms with Gasteiger partial charge < -0.3 is 10.4 Å². The number of hydrogen-bond acceptors (Lipinski definition) is 3. The molecule has 5 heteroatoms. The Morgan fingerprint density at radius 2 is 2.50 bits per heavy atom. The average molecular weight is 197 g/mol. The van der Waals surface area contributed by atoms with E-state index < -0.39 is 0 Å². The third kappa shape index (κ3) is 2.56. The molecule has 2 N–H and O–H groups in total. The molecule has 0 radical (unpaired) electrons. The second kappa shape index (κ2) is 4.76. The third-order valence-corrected chi connectivity index (χ3v) is 1.99. The fourth-order valence-electron chi connectivity index (χ4n) is 1.07. The van der Waals surface area contributed by atoms with Crippen molar-refractivity contribution in [2.75, 3.05) is 6.61 Å². The molecule has 0 saturated heterocycles. The highest BCUT2D eigenvalue weighted by Gasteiger charge is 2.12. The highest BCUT2D eigenvalue weighted by atomic mass is 16.3. The molecule has 14 heavy (non-hydrogen) atoms. The lowest BCUT2D eigenvalue weighted by atomic mass is 10.2. The minimum atomic E-state index is -0.244. The van der Waals surface area contributed by atoms with E-state index in [1.165, 1.54) is 0 Å². The molecule has 1 rings (SSSR count). The first-order valence-corrected chi connectivity index (χ1v) is 4.58. The second-order valence-electron chi connectivity index (χ2n) is 3.14. The third-order valence-electron chi connectivity index (χ3n) is 1.99. The summed E-state index contributed by atoms with van der Waals surface area (Å²) < 4.78 is 1.56. The zero-order valence-corrected chi connectivity index (χ0v) is 8.40. The molecule has 0 saturated carbocycles. The standard InChI is InChI=1S/C9H15N3O2/c1-3-7(6-13)10-9(14)8-4-5-12(2)11-8/h4-5,7,13H,3,6H2,1-2H3,(H,10,14)/t7-/m0/s1. The van der Waals surface area contributed by atoms with Gasteiger partial charge >= 0.3 is 0 Å². The number of nitrogens with zero attached hydrogens (tertiary/aromatic N) is 2. The van der Waals surface area contributed by atoms with Crippen LogP contribution in [0.4, 0.5) is 0 Å². The number of amides is 1. The Kier molecular flexibility index (Phi) is 3.64. The van der Waals surface area contributed by atoms with Crippen molar-refractivity contribution >= 4 is 5.91 Å². The molecule has 1 aromatic rings. The van der Waals surface area contributed by atoms with Crippen molar-refractivity contribution in [1.29, 1.82) is 0 Å². The van der Waals surface area contributed by atoms with Crippen LogP contribution >= 0.6 is 0 Å². The van der Waals surface area contributed by atoms with Crippen LogP contribution in [0.15, 0.2) is 12.3 Å². The van der Waals surface area contributed by atoms with Crippen LogP contribution in [0.3, 0.4) is 0 Å². The number of aliphatic hydroxyl groups is 1. The van der Waals surface area contributed by atoms with Crippen molar-refractivity contribution in [3.63, 3.8) is 0 Å². The molecule has 5 nitrogen and oxygen atoms in total. The van der Waals surface area contributed by atoms with Gasteiger partial charge in [0.05, 0.1) is 12.6 Å².